The van der Waals surface area contributed by atoms with Crippen molar-refractivity contribution in [3.63, 3.8) is 0 Å². The summed E-state index contributed by atoms with van der Waals surface area (Å²) in [6.45, 7) is -0.647. The zero-order valence-corrected chi connectivity index (χ0v) is 12.5. The molecule has 0 saturated carbocycles. The van der Waals surface area contributed by atoms with E-state index in [1.54, 1.807) is 0 Å². The van der Waals surface area contributed by atoms with Gasteiger partial charge in [0.1, 0.15) is 29.9 Å². The molecule has 3 nitrogen and oxygen atoms in total. The minimum Gasteiger partial charge on any atom is -0.492 e. The lowest BCUT2D eigenvalue weighted by Gasteiger charge is -2.12. The highest BCUT2D eigenvalue weighted by Gasteiger charge is 2.17. The number of nitrogens with zero attached hydrogens (tertiary/aromatic N) is 1. The summed E-state index contributed by atoms with van der Waals surface area (Å²) < 4.78 is 59.0. The number of ether oxygens (including phenoxy) is 1. The molecule has 1 aromatic heterocycles. The lowest BCUT2D eigenvalue weighted by molar-refractivity contribution is 0.280. The van der Waals surface area contributed by atoms with Gasteiger partial charge in [0.2, 0.25) is 11.8 Å². The summed E-state index contributed by atoms with van der Waals surface area (Å²) in [6.07, 6.45) is 5.30. The highest BCUT2D eigenvalue weighted by molar-refractivity contribution is 5.93. The number of aromatic nitrogens is 1. The molecule has 0 aliphatic heterocycles. The molecule has 126 valence electrons. The highest BCUT2D eigenvalue weighted by Crippen LogP contribution is 2.32. The molecule has 2 aromatic carbocycles. The van der Waals surface area contributed by atoms with Crippen LogP contribution in [0, 0.1) is 35.6 Å². The van der Waals surface area contributed by atoms with E-state index in [9.17, 15) is 22.7 Å². The van der Waals surface area contributed by atoms with Crippen molar-refractivity contribution in [3.05, 3.63) is 64.7 Å². The third-order valence-corrected chi connectivity index (χ3v) is 3.52. The number of pyridine rings is 1. The number of halogens is 4. The first-order chi connectivity index (χ1) is 11.9. The van der Waals surface area contributed by atoms with Crippen molar-refractivity contribution in [1.29, 1.82) is 0 Å². The number of aromatic hydroxyl groups is 1. The molecule has 0 bridgehead atoms. The van der Waals surface area contributed by atoms with E-state index in [1.165, 1.54) is 6.07 Å². The molecule has 0 aliphatic carbocycles. The van der Waals surface area contributed by atoms with E-state index in [-0.39, 0.29) is 22.2 Å². The molecule has 0 unspecified atom stereocenters. The summed E-state index contributed by atoms with van der Waals surface area (Å²) in [5, 5.41) is 10.3. The van der Waals surface area contributed by atoms with E-state index >= 15 is 0 Å². The summed E-state index contributed by atoms with van der Waals surface area (Å²) >= 11 is 0. The predicted octanol–water partition coefficient (Wildman–Crippen LogP) is 4.06. The van der Waals surface area contributed by atoms with E-state index in [0.717, 1.165) is 12.1 Å². The van der Waals surface area contributed by atoms with E-state index < -0.39 is 41.3 Å². The Morgan fingerprint density at radius 2 is 1.68 bits per heavy atom. The highest BCUT2D eigenvalue weighted by atomic mass is 19.1. The standard InChI is InChI=1S/C18H9F4NO2/c1-2-11-12-4-3-9(19)5-13(12)18(23-17(11)24)25-8-14-15(21)6-10(20)7-16(14)22/h1,3-7H,8H2,(H,23,24). The molecule has 0 aliphatic rings. The fourth-order valence-electron chi connectivity index (χ4n) is 2.35. The molecule has 0 spiro atoms. The Labute approximate surface area is 139 Å². The van der Waals surface area contributed by atoms with Gasteiger partial charge in [0.05, 0.1) is 11.1 Å². The average Bonchev–Trinajstić information content (AvgIpc) is 2.54. The normalized spacial score (nSPS) is 10.7. The third kappa shape index (κ3) is 3.06. The van der Waals surface area contributed by atoms with Gasteiger partial charge in [0.15, 0.2) is 0 Å². The molecule has 0 saturated heterocycles. The van der Waals surface area contributed by atoms with Crippen LogP contribution in [0.5, 0.6) is 11.8 Å². The second-order valence-corrected chi connectivity index (χ2v) is 5.09. The maximum Gasteiger partial charge on any atom is 0.230 e. The van der Waals surface area contributed by atoms with Crippen molar-refractivity contribution in [2.75, 3.05) is 0 Å². The lowest BCUT2D eigenvalue weighted by Crippen LogP contribution is -2.05. The van der Waals surface area contributed by atoms with Gasteiger partial charge in [-0.05, 0) is 18.2 Å². The zero-order chi connectivity index (χ0) is 18.1. The number of terminal acetylenes is 1. The van der Waals surface area contributed by atoms with Gasteiger partial charge in [0.25, 0.3) is 0 Å². The van der Waals surface area contributed by atoms with E-state index in [4.69, 9.17) is 11.2 Å². The van der Waals surface area contributed by atoms with Crippen LogP contribution in [-0.2, 0) is 6.61 Å². The first kappa shape index (κ1) is 16.6. The van der Waals surface area contributed by atoms with Crippen LogP contribution >= 0.6 is 0 Å². The summed E-state index contributed by atoms with van der Waals surface area (Å²) in [4.78, 5) is 3.71. The van der Waals surface area contributed by atoms with Crippen LogP contribution in [0.25, 0.3) is 10.8 Å². The molecule has 1 N–H and O–H groups in total. The number of hydrogen-bond donors (Lipinski definition) is 1. The average molecular weight is 347 g/mol. The summed E-state index contributed by atoms with van der Waals surface area (Å²) in [6, 6.07) is 4.53. The van der Waals surface area contributed by atoms with E-state index in [1.807, 2.05) is 0 Å². The summed E-state index contributed by atoms with van der Waals surface area (Å²) in [5.41, 5.74) is -0.505. The Balaban J connectivity index is 2.06. The lowest BCUT2D eigenvalue weighted by atomic mass is 10.1. The maximum absolute atomic E-state index is 13.7. The summed E-state index contributed by atoms with van der Waals surface area (Å²) in [5.74, 6) is -2.55. The first-order valence-corrected chi connectivity index (χ1v) is 6.95. The van der Waals surface area contributed by atoms with Gasteiger partial charge in [-0.25, -0.2) is 17.6 Å². The first-order valence-electron chi connectivity index (χ1n) is 6.95. The van der Waals surface area contributed by atoms with Crippen LogP contribution in [-0.4, -0.2) is 10.1 Å². The molecule has 1 heterocycles. The molecule has 0 fully saturated rings. The Bertz CT molecular complexity index is 1000. The monoisotopic (exact) mass is 347 g/mol. The Kier molecular flexibility index (Phi) is 4.19. The third-order valence-electron chi connectivity index (χ3n) is 3.52. The Morgan fingerprint density at radius 3 is 2.32 bits per heavy atom. The van der Waals surface area contributed by atoms with Crippen molar-refractivity contribution >= 4 is 10.8 Å². The maximum atomic E-state index is 13.7. The Morgan fingerprint density at radius 1 is 1.00 bits per heavy atom. The minimum absolute atomic E-state index is 0.0292. The molecule has 0 radical (unpaired) electrons. The largest absolute Gasteiger partial charge is 0.492 e. The van der Waals surface area contributed by atoms with Gasteiger partial charge < -0.3 is 9.84 Å². The topological polar surface area (TPSA) is 42.4 Å². The van der Waals surface area contributed by atoms with Crippen molar-refractivity contribution in [3.8, 4) is 24.1 Å². The molecule has 3 rings (SSSR count). The van der Waals surface area contributed by atoms with Crippen LogP contribution < -0.4 is 4.74 Å². The van der Waals surface area contributed by atoms with Crippen molar-refractivity contribution in [1.82, 2.24) is 4.98 Å². The summed E-state index contributed by atoms with van der Waals surface area (Å²) in [7, 11) is 0. The van der Waals surface area contributed by atoms with Gasteiger partial charge in [-0.15, -0.1) is 6.42 Å². The second-order valence-electron chi connectivity index (χ2n) is 5.09. The number of fused-ring (bicyclic) bond motifs is 1. The number of benzene rings is 2. The van der Waals surface area contributed by atoms with Gasteiger partial charge in [0, 0.05) is 22.9 Å². The van der Waals surface area contributed by atoms with Gasteiger partial charge >= 0.3 is 0 Å². The van der Waals surface area contributed by atoms with Gasteiger partial charge in [-0.2, -0.15) is 4.98 Å². The van der Waals surface area contributed by atoms with Gasteiger partial charge in [-0.3, -0.25) is 0 Å². The molecule has 3 aromatic rings. The van der Waals surface area contributed by atoms with Crippen molar-refractivity contribution in [2.45, 2.75) is 6.61 Å². The number of hydrogen-bond acceptors (Lipinski definition) is 3. The van der Waals surface area contributed by atoms with Crippen LogP contribution in [0.1, 0.15) is 11.1 Å². The van der Waals surface area contributed by atoms with E-state index in [2.05, 4.69) is 10.9 Å². The van der Waals surface area contributed by atoms with Crippen LogP contribution in [0.4, 0.5) is 17.6 Å². The van der Waals surface area contributed by atoms with Crippen LogP contribution in [0.2, 0.25) is 0 Å². The quantitative estimate of drug-likeness (QED) is 0.574. The second kappa shape index (κ2) is 6.32. The predicted molar refractivity (Wildman–Crippen MR) is 81.9 cm³/mol. The minimum atomic E-state index is -1.14. The smallest absolute Gasteiger partial charge is 0.230 e. The van der Waals surface area contributed by atoms with Crippen LogP contribution in [0.15, 0.2) is 30.3 Å². The van der Waals surface area contributed by atoms with Crippen molar-refractivity contribution in [2.24, 2.45) is 0 Å². The molecule has 0 amide bonds. The molecule has 0 atom stereocenters. The molecule has 7 heteroatoms. The van der Waals surface area contributed by atoms with Gasteiger partial charge in [-0.1, -0.05) is 5.92 Å². The van der Waals surface area contributed by atoms with Crippen LogP contribution in [0.3, 0.4) is 0 Å². The van der Waals surface area contributed by atoms with E-state index in [0.29, 0.717) is 12.1 Å². The molecular formula is C18H9F4NO2. The van der Waals surface area contributed by atoms with Crippen molar-refractivity contribution < 1.29 is 27.4 Å². The SMILES string of the molecule is C#Cc1c(O)nc(OCc2c(F)cc(F)cc2F)c2cc(F)ccc12. The number of rotatable bonds is 3. The Hall–Kier alpha value is -3.27. The zero-order valence-electron chi connectivity index (χ0n) is 12.5. The molecule has 25 heavy (non-hydrogen) atoms. The molecular weight excluding hydrogens is 338 g/mol. The fourth-order valence-corrected chi connectivity index (χ4v) is 2.35. The fraction of sp³-hybridized carbons (Fsp3) is 0.0556.